The van der Waals surface area contributed by atoms with Crippen LogP contribution in [0.5, 0.6) is 0 Å². The summed E-state index contributed by atoms with van der Waals surface area (Å²) in [7, 11) is 0. The van der Waals surface area contributed by atoms with Crippen molar-refractivity contribution in [2.45, 2.75) is 0 Å². The van der Waals surface area contributed by atoms with Crippen LogP contribution >= 0.6 is 11.3 Å². The second-order valence-electron chi connectivity index (χ2n) is 12.4. The molecule has 0 bridgehead atoms. The first-order valence-corrected chi connectivity index (χ1v) is 17.3. The number of aromatic nitrogens is 4. The van der Waals surface area contributed by atoms with E-state index in [4.69, 9.17) is 21.2 Å². The summed E-state index contributed by atoms with van der Waals surface area (Å²) in [5.74, 6) is 0.688. The van der Waals surface area contributed by atoms with Crippen LogP contribution in [0.4, 0.5) is 0 Å². The Hall–Kier alpha value is -6.63. The summed E-state index contributed by atoms with van der Waals surface area (Å²) in [6, 6.07) is 40.9. The highest BCUT2D eigenvalue weighted by molar-refractivity contribution is 7.25. The highest BCUT2D eigenvalue weighted by atomic mass is 32.1. The summed E-state index contributed by atoms with van der Waals surface area (Å²) in [6.45, 7) is 0. The van der Waals surface area contributed by atoms with E-state index >= 15 is 0 Å². The molecule has 0 atom stereocenters. The van der Waals surface area contributed by atoms with Crippen LogP contribution < -0.4 is 0 Å². The van der Waals surface area contributed by atoms with E-state index in [1.165, 1.54) is 0 Å². The van der Waals surface area contributed by atoms with Gasteiger partial charge in [0.05, 0.1) is 17.9 Å². The van der Waals surface area contributed by atoms with E-state index in [9.17, 15) is 0 Å². The van der Waals surface area contributed by atoms with Gasteiger partial charge >= 0.3 is 0 Å². The van der Waals surface area contributed by atoms with E-state index in [1.54, 1.807) is 11.3 Å². The second-order valence-corrected chi connectivity index (χ2v) is 13.5. The molecule has 11 rings (SSSR count). The largest absolute Gasteiger partial charge is 0.456 e. The number of hydrogen-bond donors (Lipinski definition) is 0. The molecular weight excluding hydrogens is 645 g/mol. The smallest absolute Gasteiger partial charge is 0.164 e. The maximum Gasteiger partial charge on any atom is 0.164 e. The highest BCUT2D eigenvalue weighted by Gasteiger charge is 2.19. The lowest BCUT2D eigenvalue weighted by atomic mass is 10.1. The van der Waals surface area contributed by atoms with Gasteiger partial charge in [0.1, 0.15) is 11.2 Å². The summed E-state index contributed by atoms with van der Waals surface area (Å²) in [4.78, 5) is 14.2. The summed E-state index contributed by atoms with van der Waals surface area (Å²) in [6.07, 6.45) is 0. The molecule has 5 nitrogen and oxygen atoms in total. The van der Waals surface area contributed by atoms with Crippen molar-refractivity contribution in [2.75, 3.05) is 0 Å². The zero-order chi connectivity index (χ0) is 37.8. The van der Waals surface area contributed by atoms with E-state index in [-0.39, 0.29) is 23.5 Å². The predicted octanol–water partition coefficient (Wildman–Crippen LogP) is 12.2. The maximum atomic E-state index is 8.63. The Kier molecular flexibility index (Phi) is 5.08. The first kappa shape index (κ1) is 23.7. The van der Waals surface area contributed by atoms with Gasteiger partial charge in [-0.2, -0.15) is 0 Å². The minimum Gasteiger partial charge on any atom is -0.456 e. The van der Waals surface area contributed by atoms with Crippen molar-refractivity contribution >= 4 is 75.3 Å². The number of thiophene rings is 1. The van der Waals surface area contributed by atoms with Gasteiger partial charge in [0, 0.05) is 64.1 Å². The molecule has 0 saturated carbocycles. The Balaban J connectivity index is 1.09. The van der Waals surface area contributed by atoms with Gasteiger partial charge in [0.15, 0.2) is 17.5 Å². The fourth-order valence-corrected chi connectivity index (χ4v) is 8.42. The summed E-state index contributed by atoms with van der Waals surface area (Å²) in [5, 5.41) is 6.75. The van der Waals surface area contributed by atoms with Crippen LogP contribution in [0.2, 0.25) is 0 Å². The van der Waals surface area contributed by atoms with Gasteiger partial charge in [-0.05, 0) is 48.5 Å². The Morgan fingerprint density at radius 1 is 0.490 bits per heavy atom. The van der Waals surface area contributed by atoms with E-state index in [1.807, 2.05) is 48.5 Å². The van der Waals surface area contributed by atoms with Crippen molar-refractivity contribution in [1.29, 1.82) is 0 Å². The lowest BCUT2D eigenvalue weighted by molar-refractivity contribution is 0.669. The SMILES string of the molecule is [2H]c1c([2H])c([2H])c(-c2nc(-c3ccccc3)nc(-c3ccc4c(c3)sc3ccc(-n5c6ccccc6c6c7c(ccc65)oc5ccccc57)cc34)n2)c([2H])c1[2H]. The van der Waals surface area contributed by atoms with E-state index < -0.39 is 18.1 Å². The first-order chi connectivity index (χ1) is 27.3. The van der Waals surface area contributed by atoms with Crippen molar-refractivity contribution in [3.8, 4) is 39.9 Å². The molecule has 0 N–H and O–H groups in total. The van der Waals surface area contributed by atoms with Gasteiger partial charge in [0.25, 0.3) is 0 Å². The highest BCUT2D eigenvalue weighted by Crippen LogP contribution is 2.43. The Morgan fingerprint density at radius 3 is 2.10 bits per heavy atom. The van der Waals surface area contributed by atoms with Crippen molar-refractivity contribution in [1.82, 2.24) is 19.5 Å². The zero-order valence-electron chi connectivity index (χ0n) is 31.7. The minimum atomic E-state index is -0.471. The number of furan rings is 1. The molecule has 0 spiro atoms. The molecule has 7 aromatic carbocycles. The molecule has 0 fully saturated rings. The lowest BCUT2D eigenvalue weighted by Gasteiger charge is -2.09. The molecule has 51 heavy (non-hydrogen) atoms. The molecule has 0 aliphatic rings. The van der Waals surface area contributed by atoms with Crippen LogP contribution in [0.1, 0.15) is 6.85 Å². The number of nitrogens with zero attached hydrogens (tertiary/aromatic N) is 4. The van der Waals surface area contributed by atoms with E-state index in [2.05, 4.69) is 88.4 Å². The van der Waals surface area contributed by atoms with Gasteiger partial charge in [-0.15, -0.1) is 11.3 Å². The van der Waals surface area contributed by atoms with Crippen LogP contribution in [0, 0.1) is 0 Å². The Bertz CT molecular complexity index is 3420. The number of hydrogen-bond acceptors (Lipinski definition) is 5. The molecule has 0 unspecified atom stereocenters. The van der Waals surface area contributed by atoms with E-state index in [0.717, 1.165) is 75.2 Å². The molecule has 0 aliphatic heterocycles. The molecule has 4 heterocycles. The van der Waals surface area contributed by atoms with Crippen molar-refractivity contribution in [2.24, 2.45) is 0 Å². The topological polar surface area (TPSA) is 56.7 Å². The van der Waals surface area contributed by atoms with Crippen LogP contribution in [0.25, 0.3) is 104 Å². The van der Waals surface area contributed by atoms with Crippen LogP contribution in [0.15, 0.2) is 162 Å². The average Bonchev–Trinajstić information content (AvgIpc) is 3.91. The van der Waals surface area contributed by atoms with Gasteiger partial charge in [-0.25, -0.2) is 15.0 Å². The van der Waals surface area contributed by atoms with Crippen LogP contribution in [0.3, 0.4) is 0 Å². The lowest BCUT2D eigenvalue weighted by Crippen LogP contribution is -1.99. The normalized spacial score (nSPS) is 13.3. The third-order valence-corrected chi connectivity index (χ3v) is 10.7. The second kappa shape index (κ2) is 10.9. The summed E-state index contributed by atoms with van der Waals surface area (Å²) < 4.78 is 52.7. The average molecular weight is 676 g/mol. The van der Waals surface area contributed by atoms with Crippen molar-refractivity contribution in [3.63, 3.8) is 0 Å². The maximum absolute atomic E-state index is 8.63. The molecule has 11 aromatic rings. The number of fused-ring (bicyclic) bond motifs is 10. The molecule has 4 aromatic heterocycles. The van der Waals surface area contributed by atoms with Gasteiger partial charge in [0.2, 0.25) is 0 Å². The monoisotopic (exact) mass is 675 g/mol. The first-order valence-electron chi connectivity index (χ1n) is 19.0. The van der Waals surface area contributed by atoms with Crippen LogP contribution in [-0.4, -0.2) is 19.5 Å². The predicted molar refractivity (Wildman–Crippen MR) is 211 cm³/mol. The Morgan fingerprint density at radius 2 is 1.24 bits per heavy atom. The fourth-order valence-electron chi connectivity index (χ4n) is 7.29. The van der Waals surface area contributed by atoms with Gasteiger partial charge < -0.3 is 8.98 Å². The quantitative estimate of drug-likeness (QED) is 0.186. The Labute approximate surface area is 302 Å². The van der Waals surface area contributed by atoms with Crippen molar-refractivity contribution in [3.05, 3.63) is 158 Å². The number of benzene rings is 7. The third-order valence-electron chi connectivity index (χ3n) is 9.54. The summed E-state index contributed by atoms with van der Waals surface area (Å²) in [5.41, 5.74) is 6.36. The molecule has 0 aliphatic carbocycles. The van der Waals surface area contributed by atoms with Crippen molar-refractivity contribution < 1.29 is 11.3 Å². The van der Waals surface area contributed by atoms with Crippen LogP contribution in [-0.2, 0) is 0 Å². The number of rotatable bonds is 4. The molecule has 6 heteroatoms. The minimum absolute atomic E-state index is 0.0128. The van der Waals surface area contributed by atoms with Gasteiger partial charge in [-0.1, -0.05) is 109 Å². The number of para-hydroxylation sites is 2. The molecular formula is C45H26N4OS. The molecule has 0 saturated heterocycles. The van der Waals surface area contributed by atoms with Gasteiger partial charge in [-0.3, -0.25) is 0 Å². The third kappa shape index (κ3) is 4.37. The molecule has 0 amide bonds. The zero-order valence-corrected chi connectivity index (χ0v) is 27.5. The molecule has 238 valence electrons. The molecule has 0 radical (unpaired) electrons. The van der Waals surface area contributed by atoms with E-state index in [0.29, 0.717) is 17.2 Å². The fraction of sp³-hybridized carbons (Fsp3) is 0. The summed E-state index contributed by atoms with van der Waals surface area (Å²) >= 11 is 1.68. The standard InChI is InChI=1S/C45H26N4OS/c1-3-11-27(12-4-1)43-46-44(28-13-5-2-6-14-28)48-45(47-43)29-19-21-31-34-26-30(20-24-39(34)51-40(31)25-29)49-35-17-9-7-15-32(35)41-36(49)22-23-38-42(41)33-16-8-10-18-37(33)50-38/h1-26H/i1D,3D,4D,11D,12D.